The standard InChI is InChI=1S/C21H22F3NS/c1-13-8-9-15-17(11-13)25-20(14-5-2-3-6-14)19(15)16(12-21(22,23)24)18-7-4-10-26-18/h4,7-11,14,16,25H,2-3,5-6,12H2,1H3/t16-/m0/s1. The highest BCUT2D eigenvalue weighted by Crippen LogP contribution is 2.46. The van der Waals surface area contributed by atoms with Crippen molar-refractivity contribution < 1.29 is 13.2 Å². The Balaban J connectivity index is 1.92. The number of hydrogen-bond donors (Lipinski definition) is 1. The minimum atomic E-state index is -4.20. The number of rotatable bonds is 4. The fourth-order valence-corrected chi connectivity index (χ4v) is 5.17. The van der Waals surface area contributed by atoms with Gasteiger partial charge in [-0.3, -0.25) is 0 Å². The van der Waals surface area contributed by atoms with E-state index in [0.717, 1.165) is 58.3 Å². The van der Waals surface area contributed by atoms with Crippen molar-refractivity contribution in [1.29, 1.82) is 0 Å². The maximum Gasteiger partial charge on any atom is 0.390 e. The third-order valence-electron chi connectivity index (χ3n) is 5.46. The largest absolute Gasteiger partial charge is 0.390 e. The number of hydrogen-bond acceptors (Lipinski definition) is 1. The number of halogens is 3. The number of H-pyrrole nitrogens is 1. The van der Waals surface area contributed by atoms with Crippen molar-refractivity contribution in [1.82, 2.24) is 4.98 Å². The van der Waals surface area contributed by atoms with Crippen LogP contribution in [0.15, 0.2) is 35.7 Å². The highest BCUT2D eigenvalue weighted by Gasteiger charge is 2.37. The Kier molecular flexibility index (Phi) is 4.59. The molecule has 1 N–H and O–H groups in total. The summed E-state index contributed by atoms with van der Waals surface area (Å²) in [5.74, 6) is -0.296. The van der Waals surface area contributed by atoms with E-state index in [4.69, 9.17) is 0 Å². The highest BCUT2D eigenvalue weighted by molar-refractivity contribution is 7.10. The Morgan fingerprint density at radius 2 is 1.96 bits per heavy atom. The van der Waals surface area contributed by atoms with Crippen LogP contribution in [0.3, 0.4) is 0 Å². The summed E-state index contributed by atoms with van der Waals surface area (Å²) >= 11 is 1.42. The van der Waals surface area contributed by atoms with Gasteiger partial charge in [-0.05, 0) is 54.3 Å². The zero-order chi connectivity index (χ0) is 18.3. The van der Waals surface area contributed by atoms with Gasteiger partial charge in [0.15, 0.2) is 0 Å². The molecule has 2 heterocycles. The number of aromatic amines is 1. The van der Waals surface area contributed by atoms with E-state index in [9.17, 15) is 13.2 Å². The number of fused-ring (bicyclic) bond motifs is 1. The average Bonchev–Trinajstić information content (AvgIpc) is 3.31. The van der Waals surface area contributed by atoms with Crippen molar-refractivity contribution in [3.63, 3.8) is 0 Å². The summed E-state index contributed by atoms with van der Waals surface area (Å²) in [7, 11) is 0. The monoisotopic (exact) mass is 377 g/mol. The van der Waals surface area contributed by atoms with E-state index in [1.54, 1.807) is 0 Å². The molecule has 0 saturated heterocycles. The Morgan fingerprint density at radius 3 is 2.62 bits per heavy atom. The first-order valence-electron chi connectivity index (χ1n) is 9.14. The van der Waals surface area contributed by atoms with Crippen LogP contribution >= 0.6 is 11.3 Å². The normalized spacial score (nSPS) is 17.2. The van der Waals surface area contributed by atoms with Crippen LogP contribution in [0.2, 0.25) is 0 Å². The quantitative estimate of drug-likeness (QED) is 0.492. The first-order chi connectivity index (χ1) is 12.4. The number of aryl methyl sites for hydroxylation is 1. The van der Waals surface area contributed by atoms with Crippen LogP contribution in [-0.2, 0) is 0 Å². The van der Waals surface area contributed by atoms with Crippen molar-refractivity contribution in [2.75, 3.05) is 0 Å². The predicted octanol–water partition coefficient (Wildman–Crippen LogP) is 7.28. The molecular weight excluding hydrogens is 355 g/mol. The third-order valence-corrected chi connectivity index (χ3v) is 6.44. The van der Waals surface area contributed by atoms with Gasteiger partial charge in [0.1, 0.15) is 0 Å². The number of alkyl halides is 3. The molecule has 0 amide bonds. The van der Waals surface area contributed by atoms with Gasteiger partial charge in [-0.1, -0.05) is 31.0 Å². The second kappa shape index (κ2) is 6.76. The summed E-state index contributed by atoms with van der Waals surface area (Å²) < 4.78 is 40.4. The molecular formula is C21H22F3NS. The van der Waals surface area contributed by atoms with Crippen molar-refractivity contribution in [2.45, 2.75) is 57.0 Å². The molecule has 0 aliphatic heterocycles. The van der Waals surface area contributed by atoms with Crippen LogP contribution < -0.4 is 0 Å². The summed E-state index contributed by atoms with van der Waals surface area (Å²) in [5, 5.41) is 2.81. The Hall–Kier alpha value is -1.75. The Labute approximate surface area is 155 Å². The maximum absolute atomic E-state index is 13.5. The predicted molar refractivity (Wildman–Crippen MR) is 101 cm³/mol. The molecule has 1 nitrogen and oxygen atoms in total. The van der Waals surface area contributed by atoms with Gasteiger partial charge in [0.2, 0.25) is 0 Å². The van der Waals surface area contributed by atoms with Crippen molar-refractivity contribution in [3.05, 3.63) is 57.4 Å². The summed E-state index contributed by atoms with van der Waals surface area (Å²) in [6.45, 7) is 2.02. The summed E-state index contributed by atoms with van der Waals surface area (Å²) in [6.07, 6.45) is -0.587. The molecule has 1 aliphatic rings. The van der Waals surface area contributed by atoms with E-state index in [0.29, 0.717) is 5.92 Å². The Morgan fingerprint density at radius 1 is 1.19 bits per heavy atom. The molecule has 1 atom stereocenters. The number of nitrogens with one attached hydrogen (secondary N) is 1. The van der Waals surface area contributed by atoms with Crippen LogP contribution in [0.25, 0.3) is 10.9 Å². The van der Waals surface area contributed by atoms with Gasteiger partial charge in [0, 0.05) is 27.4 Å². The number of thiophene rings is 1. The van der Waals surface area contributed by atoms with Crippen LogP contribution in [0.5, 0.6) is 0 Å². The van der Waals surface area contributed by atoms with E-state index in [1.165, 1.54) is 11.3 Å². The van der Waals surface area contributed by atoms with Gasteiger partial charge in [-0.25, -0.2) is 0 Å². The smallest absolute Gasteiger partial charge is 0.358 e. The fourth-order valence-electron chi connectivity index (χ4n) is 4.33. The van der Waals surface area contributed by atoms with Crippen LogP contribution in [-0.4, -0.2) is 11.2 Å². The van der Waals surface area contributed by atoms with Gasteiger partial charge in [0.05, 0.1) is 6.42 Å². The molecule has 5 heteroatoms. The van der Waals surface area contributed by atoms with Crippen LogP contribution in [0.1, 0.15) is 65.6 Å². The zero-order valence-electron chi connectivity index (χ0n) is 14.7. The molecule has 138 valence electrons. The lowest BCUT2D eigenvalue weighted by Crippen LogP contribution is -2.15. The molecule has 1 saturated carbocycles. The average molecular weight is 377 g/mol. The molecule has 26 heavy (non-hydrogen) atoms. The fraction of sp³-hybridized carbons (Fsp3) is 0.429. The van der Waals surface area contributed by atoms with Crippen molar-refractivity contribution in [2.24, 2.45) is 0 Å². The van der Waals surface area contributed by atoms with Gasteiger partial charge in [-0.2, -0.15) is 13.2 Å². The van der Waals surface area contributed by atoms with Crippen LogP contribution in [0, 0.1) is 6.92 Å². The molecule has 1 aromatic carbocycles. The van der Waals surface area contributed by atoms with Crippen molar-refractivity contribution in [3.8, 4) is 0 Å². The highest BCUT2D eigenvalue weighted by atomic mass is 32.1. The van der Waals surface area contributed by atoms with Crippen molar-refractivity contribution >= 4 is 22.2 Å². The molecule has 3 aromatic rings. The number of benzene rings is 1. The molecule has 1 aliphatic carbocycles. The zero-order valence-corrected chi connectivity index (χ0v) is 15.5. The first kappa shape index (κ1) is 17.7. The molecule has 0 bridgehead atoms. The van der Waals surface area contributed by atoms with E-state index in [2.05, 4.69) is 11.1 Å². The molecule has 4 rings (SSSR count). The lowest BCUT2D eigenvalue weighted by Gasteiger charge is -2.21. The first-order valence-corrected chi connectivity index (χ1v) is 10.0. The Bertz CT molecular complexity index is 886. The topological polar surface area (TPSA) is 15.8 Å². The minimum Gasteiger partial charge on any atom is -0.358 e. The van der Waals surface area contributed by atoms with Gasteiger partial charge in [0.25, 0.3) is 0 Å². The molecule has 0 radical (unpaired) electrons. The number of aromatic nitrogens is 1. The molecule has 2 aromatic heterocycles. The van der Waals surface area contributed by atoms with Gasteiger partial charge in [-0.15, -0.1) is 11.3 Å². The maximum atomic E-state index is 13.5. The van der Waals surface area contributed by atoms with Crippen LogP contribution in [0.4, 0.5) is 13.2 Å². The van der Waals surface area contributed by atoms with Gasteiger partial charge >= 0.3 is 6.18 Å². The van der Waals surface area contributed by atoms with E-state index < -0.39 is 18.5 Å². The lowest BCUT2D eigenvalue weighted by molar-refractivity contribution is -0.136. The van der Waals surface area contributed by atoms with E-state index in [1.807, 2.05) is 36.6 Å². The molecule has 1 fully saturated rings. The van der Waals surface area contributed by atoms with E-state index in [-0.39, 0.29) is 0 Å². The third kappa shape index (κ3) is 3.41. The lowest BCUT2D eigenvalue weighted by atomic mass is 9.87. The summed E-state index contributed by atoms with van der Waals surface area (Å²) in [4.78, 5) is 4.31. The second-order valence-electron chi connectivity index (χ2n) is 7.37. The van der Waals surface area contributed by atoms with E-state index >= 15 is 0 Å². The SMILES string of the molecule is Cc1ccc2c([C@@H](CC(F)(F)F)c3cccs3)c(C3CCCC3)[nH]c2c1. The van der Waals surface area contributed by atoms with Gasteiger partial charge < -0.3 is 4.98 Å². The summed E-state index contributed by atoms with van der Waals surface area (Å²) in [5.41, 5.74) is 3.98. The minimum absolute atomic E-state index is 0.341. The second-order valence-corrected chi connectivity index (χ2v) is 8.35. The summed E-state index contributed by atoms with van der Waals surface area (Å²) in [6, 6.07) is 9.73. The molecule has 0 spiro atoms. The molecule has 0 unspecified atom stereocenters.